The third-order valence-corrected chi connectivity index (χ3v) is 5.01. The fourth-order valence-corrected chi connectivity index (χ4v) is 3.72. The Balaban J connectivity index is 1.47. The maximum absolute atomic E-state index is 12.3. The molecule has 0 bridgehead atoms. The minimum atomic E-state index is -0.258. The highest BCUT2D eigenvalue weighted by atomic mass is 32.2. The number of thioether (sulfide) groups is 1. The Labute approximate surface area is 156 Å². The number of hydrogen-bond acceptors (Lipinski definition) is 4. The van der Waals surface area contributed by atoms with E-state index in [4.69, 9.17) is 0 Å². The molecular weight excluding hydrogens is 348 g/mol. The number of fused-ring (bicyclic) bond motifs is 1. The molecule has 5 nitrogen and oxygen atoms in total. The molecule has 26 heavy (non-hydrogen) atoms. The minimum absolute atomic E-state index is 0.0950. The molecule has 0 fully saturated rings. The lowest BCUT2D eigenvalue weighted by Crippen LogP contribution is -2.32. The first-order chi connectivity index (χ1) is 12.5. The topological polar surface area (TPSA) is 66.5 Å². The second kappa shape index (κ2) is 7.74. The highest BCUT2D eigenvalue weighted by molar-refractivity contribution is 7.99. The molecule has 6 heteroatoms. The van der Waals surface area contributed by atoms with Crippen LogP contribution in [0.1, 0.15) is 31.8 Å². The third-order valence-electron chi connectivity index (χ3n) is 4.08. The van der Waals surface area contributed by atoms with Gasteiger partial charge in [0.2, 0.25) is 5.91 Å². The van der Waals surface area contributed by atoms with Crippen LogP contribution in [0.5, 0.6) is 0 Å². The number of anilines is 1. The number of nitrogens with zero attached hydrogens (tertiary/aromatic N) is 1. The van der Waals surface area contributed by atoms with Crippen LogP contribution < -0.4 is 5.32 Å². The van der Waals surface area contributed by atoms with E-state index in [1.54, 1.807) is 24.3 Å². The van der Waals surface area contributed by atoms with Crippen LogP contribution >= 0.6 is 11.8 Å². The molecular formula is C20H20N2O3S. The Morgan fingerprint density at radius 1 is 1.00 bits per heavy atom. The average molecular weight is 368 g/mol. The molecule has 134 valence electrons. The van der Waals surface area contributed by atoms with Gasteiger partial charge in [-0.2, -0.15) is 11.8 Å². The predicted molar refractivity (Wildman–Crippen MR) is 104 cm³/mol. The lowest BCUT2D eigenvalue weighted by atomic mass is 10.1. The summed E-state index contributed by atoms with van der Waals surface area (Å²) in [5, 5.41) is 2.88. The summed E-state index contributed by atoms with van der Waals surface area (Å²) >= 11 is 1.40. The maximum atomic E-state index is 12.3. The summed E-state index contributed by atoms with van der Waals surface area (Å²) in [7, 11) is 0. The van der Waals surface area contributed by atoms with E-state index >= 15 is 0 Å². The van der Waals surface area contributed by atoms with Gasteiger partial charge in [0.15, 0.2) is 0 Å². The van der Waals surface area contributed by atoms with Gasteiger partial charge in [-0.15, -0.1) is 0 Å². The zero-order valence-electron chi connectivity index (χ0n) is 14.7. The number of hydrogen-bond donors (Lipinski definition) is 1. The van der Waals surface area contributed by atoms with Gasteiger partial charge in [-0.05, 0) is 49.2 Å². The van der Waals surface area contributed by atoms with Gasteiger partial charge in [0.1, 0.15) is 0 Å². The largest absolute Gasteiger partial charge is 0.325 e. The molecule has 0 aliphatic carbocycles. The van der Waals surface area contributed by atoms with E-state index < -0.39 is 0 Å². The molecule has 1 heterocycles. The molecule has 1 aliphatic rings. The van der Waals surface area contributed by atoms with Crippen molar-refractivity contribution in [1.82, 2.24) is 4.90 Å². The molecule has 0 radical (unpaired) electrons. The van der Waals surface area contributed by atoms with E-state index in [1.165, 1.54) is 16.7 Å². The second-order valence-corrected chi connectivity index (χ2v) is 7.39. The summed E-state index contributed by atoms with van der Waals surface area (Å²) in [4.78, 5) is 37.8. The van der Waals surface area contributed by atoms with Crippen LogP contribution in [0.25, 0.3) is 0 Å². The number of amides is 3. The fraction of sp³-hybridized carbons (Fsp3) is 0.250. The van der Waals surface area contributed by atoms with E-state index in [0.717, 1.165) is 16.8 Å². The van der Waals surface area contributed by atoms with Crippen molar-refractivity contribution >= 4 is 35.2 Å². The Kier molecular flexibility index (Phi) is 5.42. The summed E-state index contributed by atoms with van der Waals surface area (Å²) in [6, 6.07) is 12.7. The van der Waals surface area contributed by atoms with Crippen molar-refractivity contribution in [3.05, 3.63) is 64.7 Å². The lowest BCUT2D eigenvalue weighted by Gasteiger charge is -2.13. The van der Waals surface area contributed by atoms with Crippen LogP contribution in [0.2, 0.25) is 0 Å². The molecule has 0 saturated heterocycles. The Bertz CT molecular complexity index is 824. The SMILES string of the molecule is Cc1cc(C)cc(NC(=O)CSCCN2C(=O)c3ccccc3C2=O)c1. The highest BCUT2D eigenvalue weighted by Crippen LogP contribution is 2.22. The molecule has 2 aromatic rings. The molecule has 0 saturated carbocycles. The second-order valence-electron chi connectivity index (χ2n) is 6.28. The first-order valence-corrected chi connectivity index (χ1v) is 9.52. The van der Waals surface area contributed by atoms with Crippen LogP contribution in [0.4, 0.5) is 5.69 Å². The van der Waals surface area contributed by atoms with Gasteiger partial charge in [0, 0.05) is 18.0 Å². The third kappa shape index (κ3) is 3.96. The van der Waals surface area contributed by atoms with E-state index in [2.05, 4.69) is 5.32 Å². The molecule has 0 aromatic heterocycles. The number of nitrogens with one attached hydrogen (secondary N) is 1. The van der Waals surface area contributed by atoms with Gasteiger partial charge < -0.3 is 5.32 Å². The molecule has 0 unspecified atom stereocenters. The summed E-state index contributed by atoms with van der Waals surface area (Å²) in [6.45, 7) is 4.27. The van der Waals surface area contributed by atoms with Gasteiger partial charge in [0.05, 0.1) is 16.9 Å². The quantitative estimate of drug-likeness (QED) is 0.628. The summed E-state index contributed by atoms with van der Waals surface area (Å²) in [5.41, 5.74) is 3.88. The first kappa shape index (κ1) is 18.2. The van der Waals surface area contributed by atoms with Crippen molar-refractivity contribution in [3.8, 4) is 0 Å². The van der Waals surface area contributed by atoms with Crippen molar-refractivity contribution in [2.24, 2.45) is 0 Å². The number of carbonyl (C=O) groups excluding carboxylic acids is 3. The maximum Gasteiger partial charge on any atom is 0.261 e. The summed E-state index contributed by atoms with van der Waals surface area (Å²) < 4.78 is 0. The zero-order chi connectivity index (χ0) is 18.7. The van der Waals surface area contributed by atoms with E-state index in [9.17, 15) is 14.4 Å². The Morgan fingerprint density at radius 3 is 2.15 bits per heavy atom. The predicted octanol–water partition coefficient (Wildman–Crippen LogP) is 3.27. The highest BCUT2D eigenvalue weighted by Gasteiger charge is 2.34. The van der Waals surface area contributed by atoms with E-state index in [0.29, 0.717) is 23.4 Å². The van der Waals surface area contributed by atoms with Crippen molar-refractivity contribution in [1.29, 1.82) is 0 Å². The zero-order valence-corrected chi connectivity index (χ0v) is 15.6. The number of rotatable bonds is 6. The van der Waals surface area contributed by atoms with Crippen molar-refractivity contribution < 1.29 is 14.4 Å². The molecule has 3 amide bonds. The number of aryl methyl sites for hydroxylation is 2. The van der Waals surface area contributed by atoms with Crippen LogP contribution in [0.15, 0.2) is 42.5 Å². The van der Waals surface area contributed by atoms with Gasteiger partial charge in [-0.25, -0.2) is 0 Å². The molecule has 3 rings (SSSR count). The van der Waals surface area contributed by atoms with Crippen LogP contribution in [0.3, 0.4) is 0 Å². The molecule has 1 N–H and O–H groups in total. The van der Waals surface area contributed by atoms with Gasteiger partial charge >= 0.3 is 0 Å². The van der Waals surface area contributed by atoms with Crippen LogP contribution in [0, 0.1) is 13.8 Å². The summed E-state index contributed by atoms with van der Waals surface area (Å²) in [5.74, 6) is 0.182. The van der Waals surface area contributed by atoms with Crippen LogP contribution in [-0.4, -0.2) is 40.7 Å². The van der Waals surface area contributed by atoms with Gasteiger partial charge in [-0.3, -0.25) is 19.3 Å². The van der Waals surface area contributed by atoms with Crippen LogP contribution in [-0.2, 0) is 4.79 Å². The Morgan fingerprint density at radius 2 is 1.58 bits per heavy atom. The van der Waals surface area contributed by atoms with Crippen molar-refractivity contribution in [2.75, 3.05) is 23.4 Å². The lowest BCUT2D eigenvalue weighted by molar-refractivity contribution is -0.113. The monoisotopic (exact) mass is 368 g/mol. The van der Waals surface area contributed by atoms with E-state index in [-0.39, 0.29) is 23.5 Å². The van der Waals surface area contributed by atoms with E-state index in [1.807, 2.05) is 32.0 Å². The number of imide groups is 1. The minimum Gasteiger partial charge on any atom is -0.325 e. The smallest absolute Gasteiger partial charge is 0.261 e. The number of benzene rings is 2. The Hall–Kier alpha value is -2.60. The molecule has 1 aliphatic heterocycles. The van der Waals surface area contributed by atoms with Crippen molar-refractivity contribution in [3.63, 3.8) is 0 Å². The van der Waals surface area contributed by atoms with Gasteiger partial charge in [-0.1, -0.05) is 18.2 Å². The molecule has 0 atom stereocenters. The average Bonchev–Trinajstić information content (AvgIpc) is 2.82. The standard InChI is InChI=1S/C20H20N2O3S/c1-13-9-14(2)11-15(10-13)21-18(23)12-26-8-7-22-19(24)16-5-3-4-6-17(16)20(22)25/h3-6,9-11H,7-8,12H2,1-2H3,(H,21,23). The van der Waals surface area contributed by atoms with Crippen molar-refractivity contribution in [2.45, 2.75) is 13.8 Å². The summed E-state index contributed by atoms with van der Waals surface area (Å²) in [6.07, 6.45) is 0. The normalized spacial score (nSPS) is 13.1. The number of carbonyl (C=O) groups is 3. The molecule has 2 aromatic carbocycles. The molecule has 0 spiro atoms. The fourth-order valence-electron chi connectivity index (χ4n) is 3.01. The van der Waals surface area contributed by atoms with Gasteiger partial charge in [0.25, 0.3) is 11.8 Å². The first-order valence-electron chi connectivity index (χ1n) is 8.37.